The number of hydrogen-bond acceptors (Lipinski definition) is 3. The zero-order chi connectivity index (χ0) is 13.7. The minimum atomic E-state index is -0.515. The van der Waals surface area contributed by atoms with Crippen molar-refractivity contribution in [2.75, 3.05) is 6.54 Å². The van der Waals surface area contributed by atoms with Gasteiger partial charge >= 0.3 is 0 Å². The molecule has 0 aliphatic heterocycles. The van der Waals surface area contributed by atoms with Crippen molar-refractivity contribution in [2.24, 2.45) is 0 Å². The smallest absolute Gasteiger partial charge is 0.115 e. The van der Waals surface area contributed by atoms with Gasteiger partial charge in [0.1, 0.15) is 5.75 Å². The fourth-order valence-electron chi connectivity index (χ4n) is 2.09. The second-order valence-corrected chi connectivity index (χ2v) is 4.67. The van der Waals surface area contributed by atoms with Crippen LogP contribution in [0.25, 0.3) is 0 Å². The number of hydrogen-bond donors (Lipinski definition) is 3. The minimum absolute atomic E-state index is 0.263. The molecule has 0 saturated heterocycles. The van der Waals surface area contributed by atoms with Crippen LogP contribution in [0, 0.1) is 6.92 Å². The minimum Gasteiger partial charge on any atom is -0.508 e. The Morgan fingerprint density at radius 3 is 2.63 bits per heavy atom. The maximum Gasteiger partial charge on any atom is 0.115 e. The lowest BCUT2D eigenvalue weighted by molar-refractivity contribution is 0.173. The summed E-state index contributed by atoms with van der Waals surface area (Å²) in [5, 5.41) is 22.7. The summed E-state index contributed by atoms with van der Waals surface area (Å²) in [5.74, 6) is 0.263. The highest BCUT2D eigenvalue weighted by atomic mass is 16.3. The highest BCUT2D eigenvalue weighted by molar-refractivity contribution is 5.28. The van der Waals surface area contributed by atoms with Gasteiger partial charge in [0.15, 0.2) is 0 Å². The van der Waals surface area contributed by atoms with Gasteiger partial charge in [-0.3, -0.25) is 0 Å². The van der Waals surface area contributed by atoms with Gasteiger partial charge in [0.25, 0.3) is 0 Å². The molecule has 3 N–H and O–H groups in total. The Bertz CT molecular complexity index is 540. The highest BCUT2D eigenvalue weighted by Gasteiger charge is 2.08. The maximum atomic E-state index is 10.1. The normalized spacial score (nSPS) is 12.3. The van der Waals surface area contributed by atoms with Crippen LogP contribution in [0.4, 0.5) is 0 Å². The summed E-state index contributed by atoms with van der Waals surface area (Å²) in [5.41, 5.74) is 3.04. The number of aliphatic hydroxyl groups is 1. The molecule has 0 fully saturated rings. The number of phenolic OH excluding ortho intramolecular Hbond substituents is 1. The van der Waals surface area contributed by atoms with E-state index >= 15 is 0 Å². The molecule has 100 valence electrons. The summed E-state index contributed by atoms with van der Waals surface area (Å²) >= 11 is 0. The predicted octanol–water partition coefficient (Wildman–Crippen LogP) is 2.52. The van der Waals surface area contributed by atoms with Crippen LogP contribution < -0.4 is 5.32 Å². The second kappa shape index (κ2) is 6.36. The maximum absolute atomic E-state index is 10.1. The van der Waals surface area contributed by atoms with Crippen LogP contribution >= 0.6 is 0 Å². The number of phenols is 1. The molecule has 0 saturated carbocycles. The largest absolute Gasteiger partial charge is 0.508 e. The van der Waals surface area contributed by atoms with E-state index in [9.17, 15) is 10.2 Å². The Hall–Kier alpha value is -1.84. The van der Waals surface area contributed by atoms with E-state index in [1.165, 1.54) is 0 Å². The molecule has 0 heterocycles. The molecule has 0 aromatic heterocycles. The molecule has 0 amide bonds. The zero-order valence-electron chi connectivity index (χ0n) is 11.0. The van der Waals surface area contributed by atoms with Gasteiger partial charge < -0.3 is 15.5 Å². The van der Waals surface area contributed by atoms with Crippen LogP contribution in [0.2, 0.25) is 0 Å². The summed E-state index contributed by atoms with van der Waals surface area (Å²) in [4.78, 5) is 0. The highest BCUT2D eigenvalue weighted by Crippen LogP contribution is 2.16. The van der Waals surface area contributed by atoms with Crippen LogP contribution in [-0.2, 0) is 6.54 Å². The third-order valence-electron chi connectivity index (χ3n) is 3.12. The summed E-state index contributed by atoms with van der Waals surface area (Å²) in [6, 6.07) is 14.9. The quantitative estimate of drug-likeness (QED) is 0.771. The number of aromatic hydroxyl groups is 1. The average molecular weight is 257 g/mol. The third kappa shape index (κ3) is 3.81. The number of benzene rings is 2. The van der Waals surface area contributed by atoms with Gasteiger partial charge in [0, 0.05) is 13.1 Å². The Labute approximate surface area is 113 Å². The fourth-order valence-corrected chi connectivity index (χ4v) is 2.09. The first-order valence-corrected chi connectivity index (χ1v) is 6.39. The third-order valence-corrected chi connectivity index (χ3v) is 3.12. The van der Waals surface area contributed by atoms with E-state index in [0.717, 1.165) is 16.7 Å². The van der Waals surface area contributed by atoms with E-state index in [1.807, 2.05) is 43.3 Å². The summed E-state index contributed by atoms with van der Waals surface area (Å²) in [7, 11) is 0. The van der Waals surface area contributed by atoms with Gasteiger partial charge in [-0.05, 0) is 35.7 Å². The molecular weight excluding hydrogens is 238 g/mol. The van der Waals surface area contributed by atoms with Crippen molar-refractivity contribution in [2.45, 2.75) is 19.6 Å². The van der Waals surface area contributed by atoms with E-state index in [0.29, 0.717) is 13.1 Å². The lowest BCUT2D eigenvalue weighted by Crippen LogP contribution is -2.21. The predicted molar refractivity (Wildman–Crippen MR) is 76.0 cm³/mol. The molecule has 3 nitrogen and oxygen atoms in total. The summed E-state index contributed by atoms with van der Waals surface area (Å²) in [6.07, 6.45) is -0.515. The zero-order valence-corrected chi connectivity index (χ0v) is 11.0. The second-order valence-electron chi connectivity index (χ2n) is 4.67. The number of aryl methyl sites for hydroxylation is 1. The average Bonchev–Trinajstić information content (AvgIpc) is 2.39. The van der Waals surface area contributed by atoms with Crippen molar-refractivity contribution in [3.8, 4) is 5.75 Å². The van der Waals surface area contributed by atoms with E-state index in [-0.39, 0.29) is 5.75 Å². The molecule has 2 aromatic carbocycles. The fraction of sp³-hybridized carbons (Fsp3) is 0.250. The molecule has 19 heavy (non-hydrogen) atoms. The first-order chi connectivity index (χ1) is 9.16. The van der Waals surface area contributed by atoms with E-state index in [2.05, 4.69) is 5.32 Å². The van der Waals surface area contributed by atoms with Crippen molar-refractivity contribution in [1.82, 2.24) is 5.32 Å². The molecule has 0 radical (unpaired) electrons. The van der Waals surface area contributed by atoms with Gasteiger partial charge in [-0.2, -0.15) is 0 Å². The topological polar surface area (TPSA) is 52.5 Å². The first-order valence-electron chi connectivity index (χ1n) is 6.39. The molecule has 1 unspecified atom stereocenters. The van der Waals surface area contributed by atoms with E-state index in [1.54, 1.807) is 12.1 Å². The van der Waals surface area contributed by atoms with E-state index < -0.39 is 6.10 Å². The molecule has 0 aliphatic carbocycles. The first kappa shape index (κ1) is 13.6. The summed E-state index contributed by atoms with van der Waals surface area (Å²) < 4.78 is 0. The van der Waals surface area contributed by atoms with Crippen LogP contribution in [-0.4, -0.2) is 16.8 Å². The molecule has 2 aromatic rings. The van der Waals surface area contributed by atoms with Gasteiger partial charge in [-0.1, -0.05) is 36.4 Å². The van der Waals surface area contributed by atoms with Crippen molar-refractivity contribution in [3.05, 3.63) is 65.2 Å². The van der Waals surface area contributed by atoms with Crippen LogP contribution in [0.5, 0.6) is 5.75 Å². The molecule has 0 bridgehead atoms. The summed E-state index contributed by atoms with van der Waals surface area (Å²) in [6.45, 7) is 3.10. The van der Waals surface area contributed by atoms with Crippen LogP contribution in [0.15, 0.2) is 48.5 Å². The molecule has 3 heteroatoms. The van der Waals surface area contributed by atoms with E-state index in [4.69, 9.17) is 0 Å². The Morgan fingerprint density at radius 2 is 1.89 bits per heavy atom. The SMILES string of the molecule is Cc1ccccc1C(O)CNCc1cccc(O)c1. The lowest BCUT2D eigenvalue weighted by atomic mass is 10.0. The van der Waals surface area contributed by atoms with Crippen molar-refractivity contribution in [3.63, 3.8) is 0 Å². The Balaban J connectivity index is 1.88. The molecule has 0 spiro atoms. The Kier molecular flexibility index (Phi) is 4.55. The van der Waals surface area contributed by atoms with Crippen molar-refractivity contribution in [1.29, 1.82) is 0 Å². The number of nitrogens with one attached hydrogen (secondary N) is 1. The molecule has 2 rings (SSSR count). The number of rotatable bonds is 5. The monoisotopic (exact) mass is 257 g/mol. The van der Waals surface area contributed by atoms with Crippen LogP contribution in [0.3, 0.4) is 0 Å². The molecule has 1 atom stereocenters. The molecule has 0 aliphatic rings. The standard InChI is InChI=1S/C16H19NO2/c1-12-5-2-3-8-15(12)16(19)11-17-10-13-6-4-7-14(18)9-13/h2-9,16-19H,10-11H2,1H3. The van der Waals surface area contributed by atoms with Gasteiger partial charge in [0.2, 0.25) is 0 Å². The molecular formula is C16H19NO2. The Morgan fingerprint density at radius 1 is 1.11 bits per heavy atom. The number of aliphatic hydroxyl groups excluding tert-OH is 1. The van der Waals surface area contributed by atoms with Gasteiger partial charge in [-0.25, -0.2) is 0 Å². The van der Waals surface area contributed by atoms with Gasteiger partial charge in [0.05, 0.1) is 6.10 Å². The van der Waals surface area contributed by atoms with Crippen molar-refractivity contribution < 1.29 is 10.2 Å². The van der Waals surface area contributed by atoms with Gasteiger partial charge in [-0.15, -0.1) is 0 Å². The van der Waals surface area contributed by atoms with Crippen LogP contribution in [0.1, 0.15) is 22.8 Å². The van der Waals surface area contributed by atoms with Crippen molar-refractivity contribution >= 4 is 0 Å². The lowest BCUT2D eigenvalue weighted by Gasteiger charge is -2.14.